The first-order valence-electron chi connectivity index (χ1n) is 8.42. The van der Waals surface area contributed by atoms with Gasteiger partial charge >= 0.3 is 11.8 Å². The van der Waals surface area contributed by atoms with Gasteiger partial charge in [0.05, 0.1) is 5.52 Å². The summed E-state index contributed by atoms with van der Waals surface area (Å²) in [5.41, 5.74) is 1.66. The number of aromatic nitrogens is 1. The zero-order valence-electron chi connectivity index (χ0n) is 14.4. The molecule has 0 aliphatic rings. The lowest BCUT2D eigenvalue weighted by Crippen LogP contribution is -2.34. The van der Waals surface area contributed by atoms with Crippen LogP contribution < -0.4 is 16.4 Å². The molecule has 0 saturated heterocycles. The molecule has 8 heteroatoms. The number of hydrogen-bond donors (Lipinski definition) is 3. The van der Waals surface area contributed by atoms with Crippen molar-refractivity contribution in [1.29, 1.82) is 0 Å². The van der Waals surface area contributed by atoms with Crippen molar-refractivity contribution in [2.75, 3.05) is 18.5 Å². The Morgan fingerprint density at radius 2 is 2.23 bits per heavy atom. The number of oxazole rings is 1. The van der Waals surface area contributed by atoms with Crippen molar-refractivity contribution in [1.82, 2.24) is 9.88 Å². The smallest absolute Gasteiger partial charge is 0.408 e. The van der Waals surface area contributed by atoms with E-state index in [-0.39, 0.29) is 18.6 Å². The second-order valence-electron chi connectivity index (χ2n) is 5.96. The van der Waals surface area contributed by atoms with Crippen molar-refractivity contribution in [2.24, 2.45) is 5.92 Å². The van der Waals surface area contributed by atoms with E-state index in [1.165, 1.54) is 9.44 Å². The summed E-state index contributed by atoms with van der Waals surface area (Å²) >= 11 is 1.63. The Bertz CT molecular complexity index is 930. The first kappa shape index (κ1) is 18.2. The number of anilines is 1. The number of nitrogens with one attached hydrogen (secondary N) is 2. The van der Waals surface area contributed by atoms with Crippen molar-refractivity contribution in [3.8, 4) is 0 Å². The molecule has 0 unspecified atom stereocenters. The fourth-order valence-electron chi connectivity index (χ4n) is 2.77. The Balaban J connectivity index is 1.59. The minimum Gasteiger partial charge on any atom is -0.408 e. The van der Waals surface area contributed by atoms with E-state index in [4.69, 9.17) is 4.42 Å². The maximum atomic E-state index is 12.1. The van der Waals surface area contributed by atoms with Crippen molar-refractivity contribution in [2.45, 2.75) is 19.9 Å². The van der Waals surface area contributed by atoms with Crippen LogP contribution >= 0.6 is 11.3 Å². The molecule has 0 spiro atoms. The number of amides is 2. The summed E-state index contributed by atoms with van der Waals surface area (Å²) < 4.78 is 6.71. The van der Waals surface area contributed by atoms with Crippen molar-refractivity contribution >= 4 is 34.2 Å². The van der Waals surface area contributed by atoms with Crippen LogP contribution in [0.5, 0.6) is 0 Å². The number of urea groups is 1. The third-order valence-electron chi connectivity index (χ3n) is 4.12. The molecule has 7 nitrogen and oxygen atoms in total. The van der Waals surface area contributed by atoms with Crippen LogP contribution in [0.4, 0.5) is 10.5 Å². The topological polar surface area (TPSA) is 96.5 Å². The fourth-order valence-corrected chi connectivity index (χ4v) is 3.59. The summed E-state index contributed by atoms with van der Waals surface area (Å²) in [4.78, 5) is 25.0. The Kier molecular flexibility index (Phi) is 5.75. The monoisotopic (exact) mass is 375 g/mol. The Hall–Kier alpha value is -2.58. The summed E-state index contributed by atoms with van der Waals surface area (Å²) in [5.74, 6) is -0.457. The number of nitrogens with zero attached hydrogens (tertiary/aromatic N) is 1. The Labute approximate surface area is 154 Å². The first-order chi connectivity index (χ1) is 12.6. The van der Waals surface area contributed by atoms with Gasteiger partial charge in [-0.25, -0.2) is 9.59 Å². The molecule has 1 atom stereocenters. The number of benzene rings is 1. The van der Waals surface area contributed by atoms with Gasteiger partial charge in [-0.15, -0.1) is 11.3 Å². The molecule has 0 bridgehead atoms. The Morgan fingerprint density at radius 3 is 2.92 bits per heavy atom. The number of rotatable bonds is 7. The number of aliphatic hydroxyl groups excluding tert-OH is 1. The van der Waals surface area contributed by atoms with Crippen molar-refractivity contribution < 1.29 is 14.3 Å². The number of aliphatic hydroxyl groups is 1. The number of carbonyl (C=O) groups is 1. The molecule has 2 aromatic heterocycles. The lowest BCUT2D eigenvalue weighted by Gasteiger charge is -2.14. The third-order valence-corrected chi connectivity index (χ3v) is 5.02. The molecule has 0 aliphatic carbocycles. The van der Waals surface area contributed by atoms with E-state index in [1.54, 1.807) is 29.5 Å². The fraction of sp³-hybridized carbons (Fsp3) is 0.333. The van der Waals surface area contributed by atoms with E-state index in [2.05, 4.69) is 10.6 Å². The zero-order chi connectivity index (χ0) is 18.5. The van der Waals surface area contributed by atoms with E-state index in [9.17, 15) is 14.7 Å². The van der Waals surface area contributed by atoms with Crippen LogP contribution in [0.1, 0.15) is 11.8 Å². The molecule has 0 aliphatic heterocycles. The van der Waals surface area contributed by atoms with Gasteiger partial charge in [-0.2, -0.15) is 0 Å². The van der Waals surface area contributed by atoms with E-state index in [0.29, 0.717) is 29.9 Å². The SMILES string of the molecule is CCn1c(=O)oc2cc(NC(=O)NC[C@H](CO)Cc3cccs3)ccc21. The highest BCUT2D eigenvalue weighted by atomic mass is 32.1. The van der Waals surface area contributed by atoms with Crippen LogP contribution in [0.15, 0.2) is 44.9 Å². The first-order valence-corrected chi connectivity index (χ1v) is 9.30. The molecule has 1 aromatic carbocycles. The van der Waals surface area contributed by atoms with E-state index < -0.39 is 5.76 Å². The highest BCUT2D eigenvalue weighted by Gasteiger charge is 2.13. The van der Waals surface area contributed by atoms with Gasteiger partial charge in [0.25, 0.3) is 0 Å². The average Bonchev–Trinajstić information content (AvgIpc) is 3.24. The normalized spacial score (nSPS) is 12.2. The summed E-state index contributed by atoms with van der Waals surface area (Å²) in [6.45, 7) is 2.75. The molecule has 0 saturated carbocycles. The summed E-state index contributed by atoms with van der Waals surface area (Å²) in [6, 6.07) is 8.70. The van der Waals surface area contributed by atoms with E-state index in [0.717, 1.165) is 6.42 Å². The van der Waals surface area contributed by atoms with Gasteiger partial charge in [-0.1, -0.05) is 6.07 Å². The molecule has 26 heavy (non-hydrogen) atoms. The number of carbonyl (C=O) groups excluding carboxylic acids is 1. The molecule has 3 aromatic rings. The van der Waals surface area contributed by atoms with Crippen LogP contribution in [-0.4, -0.2) is 28.9 Å². The minimum atomic E-state index is -0.413. The summed E-state index contributed by atoms with van der Waals surface area (Å²) in [6.07, 6.45) is 0.718. The van der Waals surface area contributed by atoms with Gasteiger partial charge in [-0.3, -0.25) is 4.57 Å². The zero-order valence-corrected chi connectivity index (χ0v) is 15.2. The van der Waals surface area contributed by atoms with Gasteiger partial charge in [-0.05, 0) is 36.9 Å². The molecule has 138 valence electrons. The van der Waals surface area contributed by atoms with E-state index in [1.807, 2.05) is 24.4 Å². The highest BCUT2D eigenvalue weighted by molar-refractivity contribution is 7.09. The second-order valence-corrected chi connectivity index (χ2v) is 6.99. The van der Waals surface area contributed by atoms with Crippen molar-refractivity contribution in [3.05, 3.63) is 51.1 Å². The van der Waals surface area contributed by atoms with Crippen LogP contribution in [0, 0.1) is 5.92 Å². The predicted octanol–water partition coefficient (Wildman–Crippen LogP) is 2.65. The van der Waals surface area contributed by atoms with E-state index >= 15 is 0 Å². The average molecular weight is 375 g/mol. The highest BCUT2D eigenvalue weighted by Crippen LogP contribution is 2.18. The van der Waals surface area contributed by atoms with Gasteiger partial charge in [0.2, 0.25) is 0 Å². The van der Waals surface area contributed by atoms with Gasteiger partial charge in [0, 0.05) is 42.2 Å². The molecule has 3 rings (SSSR count). The molecular weight excluding hydrogens is 354 g/mol. The van der Waals surface area contributed by atoms with Gasteiger partial charge in [0.15, 0.2) is 5.58 Å². The second kappa shape index (κ2) is 8.20. The van der Waals surface area contributed by atoms with Crippen LogP contribution in [0.3, 0.4) is 0 Å². The van der Waals surface area contributed by atoms with Crippen LogP contribution in [0.2, 0.25) is 0 Å². The minimum absolute atomic E-state index is 0.000169. The summed E-state index contributed by atoms with van der Waals surface area (Å²) in [7, 11) is 0. The standard InChI is InChI=1S/C18H21N3O4S/c1-2-21-15-6-5-13(9-16(15)25-18(21)24)20-17(23)19-10-12(11-22)8-14-4-3-7-26-14/h3-7,9,12,22H,2,8,10-11H2,1H3,(H2,19,20,23)/t12-/m1/s1. The number of fused-ring (bicyclic) bond motifs is 1. The number of aryl methyl sites for hydroxylation is 1. The van der Waals surface area contributed by atoms with Crippen LogP contribution in [0.25, 0.3) is 11.1 Å². The molecule has 0 fully saturated rings. The largest absolute Gasteiger partial charge is 0.419 e. The third kappa shape index (κ3) is 4.14. The molecule has 2 amide bonds. The van der Waals surface area contributed by atoms with Crippen molar-refractivity contribution in [3.63, 3.8) is 0 Å². The molecule has 3 N–H and O–H groups in total. The molecule has 0 radical (unpaired) electrons. The maximum Gasteiger partial charge on any atom is 0.419 e. The number of thiophene rings is 1. The Morgan fingerprint density at radius 1 is 1.38 bits per heavy atom. The predicted molar refractivity (Wildman–Crippen MR) is 102 cm³/mol. The molecule has 2 heterocycles. The van der Waals surface area contributed by atoms with Gasteiger partial charge < -0.3 is 20.2 Å². The lowest BCUT2D eigenvalue weighted by molar-refractivity contribution is 0.218. The van der Waals surface area contributed by atoms with Crippen LogP contribution in [-0.2, 0) is 13.0 Å². The molecular formula is C18H21N3O4S. The van der Waals surface area contributed by atoms with Gasteiger partial charge in [0.1, 0.15) is 0 Å². The maximum absolute atomic E-state index is 12.1. The lowest BCUT2D eigenvalue weighted by atomic mass is 10.1. The number of hydrogen-bond acceptors (Lipinski definition) is 5. The summed E-state index contributed by atoms with van der Waals surface area (Å²) in [5, 5.41) is 17.0. The quantitative estimate of drug-likeness (QED) is 0.591.